The molecule has 1 aromatic heterocycles. The Hall–Kier alpha value is -2.80. The molecule has 0 saturated carbocycles. The molecule has 7 heteroatoms. The average molecular weight is 384 g/mol. The maximum Gasteiger partial charge on any atom is 0.292 e. The Morgan fingerprint density at radius 1 is 1.30 bits per heavy atom. The van der Waals surface area contributed by atoms with Crippen LogP contribution in [0.15, 0.2) is 47.5 Å². The van der Waals surface area contributed by atoms with Crippen molar-refractivity contribution < 1.29 is 19.0 Å². The second-order valence-electron chi connectivity index (χ2n) is 6.18. The molecule has 140 valence electrons. The van der Waals surface area contributed by atoms with E-state index in [1.165, 1.54) is 11.3 Å². The maximum atomic E-state index is 12.7. The molecule has 1 aliphatic heterocycles. The number of aryl methyl sites for hydroxylation is 1. The molecule has 0 aliphatic carbocycles. The fourth-order valence-electron chi connectivity index (χ4n) is 3.01. The minimum Gasteiger partial charge on any atom is -0.497 e. The molecular weight excluding hydrogens is 364 g/mol. The van der Waals surface area contributed by atoms with Crippen molar-refractivity contribution in [1.29, 1.82) is 0 Å². The summed E-state index contributed by atoms with van der Waals surface area (Å²) >= 11 is 1.47. The van der Waals surface area contributed by atoms with E-state index in [2.05, 4.69) is 16.5 Å². The van der Waals surface area contributed by atoms with Gasteiger partial charge >= 0.3 is 0 Å². The van der Waals surface area contributed by atoms with Gasteiger partial charge in [-0.1, -0.05) is 30.4 Å². The van der Waals surface area contributed by atoms with Crippen LogP contribution in [0.25, 0.3) is 10.2 Å². The lowest BCUT2D eigenvalue weighted by molar-refractivity contribution is -0.127. The van der Waals surface area contributed by atoms with Crippen LogP contribution in [-0.2, 0) is 11.3 Å². The Morgan fingerprint density at radius 3 is 2.89 bits per heavy atom. The summed E-state index contributed by atoms with van der Waals surface area (Å²) in [5, 5.41) is 0. The number of carbonyl (C=O) groups excluding carboxylic acids is 1. The molecular formula is C20H20N2O4S. The van der Waals surface area contributed by atoms with Crippen molar-refractivity contribution in [2.75, 3.05) is 13.7 Å². The Bertz CT molecular complexity index is 1050. The van der Waals surface area contributed by atoms with Crippen molar-refractivity contribution >= 4 is 27.5 Å². The first kappa shape index (κ1) is 17.6. The van der Waals surface area contributed by atoms with Gasteiger partial charge in [0.25, 0.3) is 5.91 Å². The van der Waals surface area contributed by atoms with Crippen molar-refractivity contribution in [1.82, 2.24) is 4.57 Å². The van der Waals surface area contributed by atoms with E-state index >= 15 is 0 Å². The molecule has 1 atom stereocenters. The molecule has 1 unspecified atom stereocenters. The second kappa shape index (κ2) is 7.44. The first-order chi connectivity index (χ1) is 13.2. The molecule has 0 bridgehead atoms. The smallest absolute Gasteiger partial charge is 0.292 e. The molecule has 6 nitrogen and oxygen atoms in total. The number of rotatable bonds is 4. The number of amides is 1. The summed E-state index contributed by atoms with van der Waals surface area (Å²) in [6, 6.07) is 13.2. The zero-order valence-electron chi connectivity index (χ0n) is 15.2. The van der Waals surface area contributed by atoms with E-state index in [1.807, 2.05) is 36.4 Å². The summed E-state index contributed by atoms with van der Waals surface area (Å²) in [4.78, 5) is 17.8. The van der Waals surface area contributed by atoms with Crippen LogP contribution < -0.4 is 19.0 Å². The number of hydrogen-bond donors (Lipinski definition) is 0. The van der Waals surface area contributed by atoms with Gasteiger partial charge in [-0.25, -0.2) is 0 Å². The van der Waals surface area contributed by atoms with Gasteiger partial charge < -0.3 is 18.8 Å². The number of aromatic nitrogens is 1. The predicted molar refractivity (Wildman–Crippen MR) is 104 cm³/mol. The van der Waals surface area contributed by atoms with Crippen LogP contribution in [0, 0.1) is 0 Å². The van der Waals surface area contributed by atoms with Crippen molar-refractivity contribution in [2.24, 2.45) is 4.99 Å². The average Bonchev–Trinajstić information content (AvgIpc) is 3.04. The molecule has 0 radical (unpaired) electrons. The minimum absolute atomic E-state index is 0.159. The lowest BCUT2D eigenvalue weighted by Crippen LogP contribution is -2.36. The fourth-order valence-corrected chi connectivity index (χ4v) is 4.10. The van der Waals surface area contributed by atoms with Gasteiger partial charge in [-0.3, -0.25) is 4.79 Å². The number of ether oxygens (including phenoxy) is 3. The molecule has 27 heavy (non-hydrogen) atoms. The monoisotopic (exact) mass is 384 g/mol. The SMILES string of the molecule is CCCn1c(=NC(=O)C2COc3ccccc3O2)sc2cc(OC)ccc21. The molecule has 0 fully saturated rings. The molecule has 3 aromatic rings. The molecule has 4 rings (SSSR count). The number of carbonyl (C=O) groups is 1. The van der Waals surface area contributed by atoms with Crippen LogP contribution in [0.4, 0.5) is 0 Å². The van der Waals surface area contributed by atoms with Crippen LogP contribution in [0.1, 0.15) is 13.3 Å². The molecule has 2 aromatic carbocycles. The van der Waals surface area contributed by atoms with Crippen LogP contribution in [0.2, 0.25) is 0 Å². The third-order valence-electron chi connectivity index (χ3n) is 4.33. The van der Waals surface area contributed by atoms with Crippen LogP contribution in [0.5, 0.6) is 17.2 Å². The summed E-state index contributed by atoms with van der Waals surface area (Å²) in [7, 11) is 1.64. The fraction of sp³-hybridized carbons (Fsp3) is 0.300. The Kier molecular flexibility index (Phi) is 4.85. The zero-order chi connectivity index (χ0) is 18.8. The number of hydrogen-bond acceptors (Lipinski definition) is 5. The molecule has 0 saturated heterocycles. The standard InChI is InChI=1S/C20H20N2O4S/c1-3-10-22-14-9-8-13(24-2)11-18(14)27-20(22)21-19(23)17-12-25-15-6-4-5-7-16(15)26-17/h4-9,11,17H,3,10,12H2,1-2H3. The van der Waals surface area contributed by atoms with Gasteiger partial charge in [0.2, 0.25) is 6.10 Å². The highest BCUT2D eigenvalue weighted by Crippen LogP contribution is 2.31. The molecule has 0 N–H and O–H groups in total. The number of benzene rings is 2. The van der Waals surface area contributed by atoms with E-state index in [0.717, 1.165) is 28.9 Å². The summed E-state index contributed by atoms with van der Waals surface area (Å²) in [5.41, 5.74) is 1.04. The van der Waals surface area contributed by atoms with E-state index in [-0.39, 0.29) is 12.5 Å². The highest BCUT2D eigenvalue weighted by molar-refractivity contribution is 7.16. The molecule has 1 amide bonds. The van der Waals surface area contributed by atoms with Crippen molar-refractivity contribution in [3.8, 4) is 17.2 Å². The van der Waals surface area contributed by atoms with E-state index < -0.39 is 6.10 Å². The zero-order valence-corrected chi connectivity index (χ0v) is 16.0. The highest BCUT2D eigenvalue weighted by atomic mass is 32.1. The van der Waals surface area contributed by atoms with Crippen LogP contribution in [0.3, 0.4) is 0 Å². The number of thiazole rings is 1. The quantitative estimate of drug-likeness (QED) is 0.692. The predicted octanol–water partition coefficient (Wildman–Crippen LogP) is 3.39. The normalized spacial score (nSPS) is 16.5. The van der Waals surface area contributed by atoms with Gasteiger partial charge in [0.15, 0.2) is 16.3 Å². The number of nitrogens with zero attached hydrogens (tertiary/aromatic N) is 2. The van der Waals surface area contributed by atoms with Crippen molar-refractivity contribution in [3.63, 3.8) is 0 Å². The van der Waals surface area contributed by atoms with Gasteiger partial charge in [-0.2, -0.15) is 4.99 Å². The van der Waals surface area contributed by atoms with Gasteiger partial charge in [-0.15, -0.1) is 0 Å². The maximum absolute atomic E-state index is 12.7. The third kappa shape index (κ3) is 3.42. The molecule has 1 aliphatic rings. The third-order valence-corrected chi connectivity index (χ3v) is 5.37. The van der Waals surface area contributed by atoms with E-state index in [0.29, 0.717) is 16.3 Å². The van der Waals surface area contributed by atoms with Crippen molar-refractivity contribution in [2.45, 2.75) is 26.0 Å². The Balaban J connectivity index is 1.69. The van der Waals surface area contributed by atoms with Gasteiger partial charge in [0, 0.05) is 6.54 Å². The summed E-state index contributed by atoms with van der Waals surface area (Å²) < 4.78 is 19.8. The second-order valence-corrected chi connectivity index (χ2v) is 7.19. The number of fused-ring (bicyclic) bond motifs is 2. The van der Waals surface area contributed by atoms with Gasteiger partial charge in [-0.05, 0) is 36.8 Å². The number of para-hydroxylation sites is 2. The Labute approximate surface area is 160 Å². The summed E-state index contributed by atoms with van der Waals surface area (Å²) in [6.45, 7) is 3.04. The Morgan fingerprint density at radius 2 is 2.11 bits per heavy atom. The van der Waals surface area contributed by atoms with Crippen molar-refractivity contribution in [3.05, 3.63) is 47.3 Å². The topological polar surface area (TPSA) is 62.1 Å². The largest absolute Gasteiger partial charge is 0.497 e. The van der Waals surface area contributed by atoms with E-state index in [1.54, 1.807) is 13.2 Å². The molecule has 0 spiro atoms. The van der Waals surface area contributed by atoms with E-state index in [4.69, 9.17) is 14.2 Å². The lowest BCUT2D eigenvalue weighted by atomic mass is 10.2. The molecule has 2 heterocycles. The summed E-state index contributed by atoms with van der Waals surface area (Å²) in [5.74, 6) is 1.66. The van der Waals surface area contributed by atoms with Gasteiger partial charge in [0.1, 0.15) is 12.4 Å². The highest BCUT2D eigenvalue weighted by Gasteiger charge is 2.27. The van der Waals surface area contributed by atoms with Crippen LogP contribution >= 0.6 is 11.3 Å². The number of methoxy groups -OCH3 is 1. The lowest BCUT2D eigenvalue weighted by Gasteiger charge is -2.23. The van der Waals surface area contributed by atoms with E-state index in [9.17, 15) is 4.79 Å². The van der Waals surface area contributed by atoms with Gasteiger partial charge in [0.05, 0.1) is 17.3 Å². The minimum atomic E-state index is -0.741. The first-order valence-electron chi connectivity index (χ1n) is 8.84. The summed E-state index contributed by atoms with van der Waals surface area (Å²) in [6.07, 6.45) is 0.199. The first-order valence-corrected chi connectivity index (χ1v) is 9.65. The van der Waals surface area contributed by atoms with Crippen LogP contribution in [-0.4, -0.2) is 30.3 Å².